The molecule has 0 bridgehead atoms. The van der Waals surface area contributed by atoms with Crippen LogP contribution in [0.15, 0.2) is 0 Å². The van der Waals surface area contributed by atoms with E-state index in [0.29, 0.717) is 0 Å². The summed E-state index contributed by atoms with van der Waals surface area (Å²) in [7, 11) is 0. The highest BCUT2D eigenvalue weighted by Crippen LogP contribution is 2.33. The first-order valence-electron chi connectivity index (χ1n) is 16.1. The lowest BCUT2D eigenvalue weighted by atomic mass is 9.94. The summed E-state index contributed by atoms with van der Waals surface area (Å²) in [6.45, 7) is -0.998. The average molecular weight is 749 g/mol. The van der Waals surface area contributed by atoms with Crippen LogP contribution in [0.2, 0.25) is 0 Å². The first kappa shape index (κ1) is 41.9. The van der Waals surface area contributed by atoms with Crippen LogP contribution in [0, 0.1) is 0 Å². The summed E-state index contributed by atoms with van der Waals surface area (Å²) in [5.41, 5.74) is 0. The van der Waals surface area contributed by atoms with Gasteiger partial charge in [-0.05, 0) is 0 Å². The molecule has 4 aliphatic heterocycles. The van der Waals surface area contributed by atoms with E-state index >= 15 is 0 Å². The Hall–Kier alpha value is -1.82. The van der Waals surface area contributed by atoms with Gasteiger partial charge in [0.2, 0.25) is 11.8 Å². The van der Waals surface area contributed by atoms with Gasteiger partial charge in [0.1, 0.15) is 97.5 Å². The fraction of sp³-hybridized carbons (Fsp3) is 0.929. The quantitative estimate of drug-likeness (QED) is 0.0881. The highest BCUT2D eigenvalue weighted by molar-refractivity contribution is 5.73. The van der Waals surface area contributed by atoms with Crippen LogP contribution in [0.25, 0.3) is 0 Å². The van der Waals surface area contributed by atoms with Crippen molar-refractivity contribution in [2.24, 2.45) is 0 Å². The average Bonchev–Trinajstić information content (AvgIpc) is 3.09. The van der Waals surface area contributed by atoms with Crippen LogP contribution in [0.1, 0.15) is 13.8 Å². The minimum absolute atomic E-state index is 0.656. The molecule has 4 heterocycles. The Bertz CT molecular complexity index is 1140. The zero-order chi connectivity index (χ0) is 37.9. The second-order valence-corrected chi connectivity index (χ2v) is 12.7. The summed E-state index contributed by atoms with van der Waals surface area (Å²) >= 11 is 0. The van der Waals surface area contributed by atoms with Crippen LogP contribution in [0.3, 0.4) is 0 Å². The van der Waals surface area contributed by atoms with Crippen LogP contribution in [0.4, 0.5) is 0 Å². The Morgan fingerprint density at radius 1 is 0.510 bits per heavy atom. The topological polar surface area (TPSA) is 366 Å². The molecule has 0 radical (unpaired) electrons. The van der Waals surface area contributed by atoms with Crippen molar-refractivity contribution in [2.75, 3.05) is 26.4 Å². The number of hydrogen-bond acceptors (Lipinski definition) is 21. The molecule has 14 N–H and O–H groups in total. The van der Waals surface area contributed by atoms with Crippen molar-refractivity contribution in [3.8, 4) is 0 Å². The fourth-order valence-corrected chi connectivity index (χ4v) is 6.25. The molecule has 4 fully saturated rings. The third kappa shape index (κ3) is 9.29. The van der Waals surface area contributed by atoms with Gasteiger partial charge in [0, 0.05) is 13.8 Å². The van der Waals surface area contributed by atoms with Crippen LogP contribution in [-0.2, 0) is 42.7 Å². The molecular weight excluding hydrogens is 700 g/mol. The minimum Gasteiger partial charge on any atom is -0.394 e. The zero-order valence-electron chi connectivity index (χ0n) is 27.4. The van der Waals surface area contributed by atoms with Crippen molar-refractivity contribution in [3.05, 3.63) is 0 Å². The summed E-state index contributed by atoms with van der Waals surface area (Å²) < 4.78 is 38.9. The second-order valence-electron chi connectivity index (χ2n) is 12.7. The number of amides is 2. The highest BCUT2D eigenvalue weighted by Gasteiger charge is 2.54. The molecule has 4 rings (SSSR count). The van der Waals surface area contributed by atoms with E-state index in [2.05, 4.69) is 10.6 Å². The molecule has 296 valence electrons. The summed E-state index contributed by atoms with van der Waals surface area (Å²) in [5.74, 6) is -1.39. The van der Waals surface area contributed by atoms with Crippen molar-refractivity contribution in [1.82, 2.24) is 10.6 Å². The lowest BCUT2D eigenvalue weighted by molar-refractivity contribution is -0.365. The molecule has 20 atom stereocenters. The van der Waals surface area contributed by atoms with Crippen LogP contribution in [-0.4, -0.2) is 222 Å². The maximum Gasteiger partial charge on any atom is 0.217 e. The van der Waals surface area contributed by atoms with Crippen LogP contribution < -0.4 is 10.6 Å². The Morgan fingerprint density at radius 3 is 1.49 bits per heavy atom. The highest BCUT2D eigenvalue weighted by atomic mass is 16.8. The molecule has 0 saturated carbocycles. The molecule has 4 aliphatic rings. The first-order chi connectivity index (χ1) is 24.0. The summed E-state index contributed by atoms with van der Waals surface area (Å²) in [6, 6.07) is -3.02. The number of nitrogens with one attached hydrogen (secondary N) is 2. The number of ether oxygens (including phenoxy) is 7. The summed E-state index contributed by atoms with van der Waals surface area (Å²) in [5, 5.41) is 129. The van der Waals surface area contributed by atoms with Gasteiger partial charge in [0.25, 0.3) is 0 Å². The number of rotatable bonds is 12. The Labute approximate surface area is 289 Å². The first-order valence-corrected chi connectivity index (χ1v) is 16.1. The van der Waals surface area contributed by atoms with E-state index < -0.39 is 161 Å². The maximum absolute atomic E-state index is 12.2. The number of aliphatic hydroxyl groups excluding tert-OH is 12. The summed E-state index contributed by atoms with van der Waals surface area (Å²) in [6.07, 6.45) is -30.9. The van der Waals surface area contributed by atoms with E-state index in [1.807, 2.05) is 0 Å². The van der Waals surface area contributed by atoms with Gasteiger partial charge in [0.15, 0.2) is 25.2 Å². The zero-order valence-corrected chi connectivity index (χ0v) is 27.4. The van der Waals surface area contributed by atoms with Crippen molar-refractivity contribution in [2.45, 2.75) is 137 Å². The number of hydrogen-bond donors (Lipinski definition) is 14. The lowest BCUT2D eigenvalue weighted by Gasteiger charge is -2.49. The molecule has 1 unspecified atom stereocenters. The molecule has 51 heavy (non-hydrogen) atoms. The standard InChI is InChI=1S/C28H48N2O21/c1-7(34)29-13-17(38)23(10(4-32)46-25(13)44)50-26-14(30-8(2)35)18(39)24(11(5-33)48-26)51-28-22(43)20(41)16(37)12(49-28)6-45-27-21(42)19(40)15(36)9(3-31)47-27/h9-28,31-33,36-44H,3-6H2,1-2H3,(H,29,34)(H,30,35)/t9-,10+,11+,12-,13+,14+,15-,16-,17+,18+,19+,20+,21+,22+,23+,24+,25?,26-,27+,28+/m0/s1. The van der Waals surface area contributed by atoms with Gasteiger partial charge in [-0.2, -0.15) is 0 Å². The van der Waals surface area contributed by atoms with Gasteiger partial charge >= 0.3 is 0 Å². The van der Waals surface area contributed by atoms with Gasteiger partial charge in [-0.25, -0.2) is 0 Å². The van der Waals surface area contributed by atoms with E-state index in [1.54, 1.807) is 0 Å². The fourth-order valence-electron chi connectivity index (χ4n) is 6.25. The van der Waals surface area contributed by atoms with E-state index in [1.165, 1.54) is 0 Å². The maximum atomic E-state index is 12.2. The third-order valence-corrected chi connectivity index (χ3v) is 8.99. The third-order valence-electron chi connectivity index (χ3n) is 8.99. The molecule has 0 spiro atoms. The Balaban J connectivity index is 1.50. The van der Waals surface area contributed by atoms with E-state index in [4.69, 9.17) is 33.2 Å². The SMILES string of the molecule is CC(=O)N[C@H]1[C@H](O[C@H]2[C@H](O)[C@@H](NC(C)=O)C(O)O[C@@H]2CO)O[C@H](CO)[C@@H](O[C@H]2O[C@@H](CO[C@@H]3O[C@@H](CO)[C@H](O)[C@@H](O)[C@H]3O)[C@H](O)[C@@H](O)[C@H]2O)[C@@H]1O. The van der Waals surface area contributed by atoms with Crippen LogP contribution >= 0.6 is 0 Å². The molecule has 0 aromatic rings. The van der Waals surface area contributed by atoms with E-state index in [9.17, 15) is 70.9 Å². The molecular formula is C28H48N2O21. The minimum atomic E-state index is -2.00. The molecule has 0 aliphatic carbocycles. The Kier molecular flexibility index (Phi) is 14.8. The van der Waals surface area contributed by atoms with Gasteiger partial charge in [-0.15, -0.1) is 0 Å². The lowest BCUT2D eigenvalue weighted by Crippen LogP contribution is -2.70. The molecule has 0 aromatic carbocycles. The number of carbonyl (C=O) groups is 2. The monoisotopic (exact) mass is 748 g/mol. The van der Waals surface area contributed by atoms with Crippen LogP contribution in [0.5, 0.6) is 0 Å². The van der Waals surface area contributed by atoms with Gasteiger partial charge in [-0.1, -0.05) is 0 Å². The molecule has 23 heteroatoms. The molecule has 2 amide bonds. The largest absolute Gasteiger partial charge is 0.394 e. The van der Waals surface area contributed by atoms with Gasteiger partial charge in [0.05, 0.1) is 26.4 Å². The van der Waals surface area contributed by atoms with E-state index in [0.717, 1.165) is 13.8 Å². The predicted molar refractivity (Wildman–Crippen MR) is 157 cm³/mol. The van der Waals surface area contributed by atoms with Crippen molar-refractivity contribution in [1.29, 1.82) is 0 Å². The van der Waals surface area contributed by atoms with Crippen molar-refractivity contribution in [3.63, 3.8) is 0 Å². The molecule has 4 saturated heterocycles. The number of carbonyl (C=O) groups excluding carboxylic acids is 2. The van der Waals surface area contributed by atoms with Crippen molar-refractivity contribution < 1.29 is 104 Å². The van der Waals surface area contributed by atoms with E-state index in [-0.39, 0.29) is 0 Å². The second kappa shape index (κ2) is 18.0. The summed E-state index contributed by atoms with van der Waals surface area (Å²) in [4.78, 5) is 23.9. The number of aliphatic hydroxyl groups is 12. The normalized spacial score (nSPS) is 47.8. The van der Waals surface area contributed by atoms with Gasteiger partial charge in [-0.3, -0.25) is 9.59 Å². The molecule has 23 nitrogen and oxygen atoms in total. The van der Waals surface area contributed by atoms with Gasteiger partial charge < -0.3 is 105 Å². The molecule has 0 aromatic heterocycles. The predicted octanol–water partition coefficient (Wildman–Crippen LogP) is -9.46. The Morgan fingerprint density at radius 2 is 0.941 bits per heavy atom. The smallest absolute Gasteiger partial charge is 0.217 e. The van der Waals surface area contributed by atoms with Crippen molar-refractivity contribution >= 4 is 11.8 Å².